The fourth-order valence-electron chi connectivity index (χ4n) is 3.51. The number of nitrogens with zero attached hydrogens (tertiary/aromatic N) is 4. The Balaban J connectivity index is 1.59. The molecule has 1 saturated heterocycles. The SMILES string of the molecule is CC(Sc1nnc(N2CCCCC2)n1Cc1ccco1)C(=O)c1ccc(F)cc1F. The predicted molar refractivity (Wildman–Crippen MR) is 110 cm³/mol. The van der Waals surface area contributed by atoms with Crippen molar-refractivity contribution in [2.24, 2.45) is 0 Å². The number of carbonyl (C=O) groups excluding carboxylic acids is 1. The molecule has 0 amide bonds. The van der Waals surface area contributed by atoms with Crippen LogP contribution in [0.15, 0.2) is 46.2 Å². The van der Waals surface area contributed by atoms with E-state index < -0.39 is 22.7 Å². The summed E-state index contributed by atoms with van der Waals surface area (Å²) in [6.07, 6.45) is 4.99. The summed E-state index contributed by atoms with van der Waals surface area (Å²) in [5.41, 5.74) is -0.134. The summed E-state index contributed by atoms with van der Waals surface area (Å²) in [6, 6.07) is 6.67. The number of piperidine rings is 1. The van der Waals surface area contributed by atoms with E-state index in [0.29, 0.717) is 11.7 Å². The number of halogens is 2. The van der Waals surface area contributed by atoms with E-state index >= 15 is 0 Å². The molecule has 1 atom stereocenters. The normalized spacial score (nSPS) is 15.4. The van der Waals surface area contributed by atoms with Gasteiger partial charge in [0.15, 0.2) is 10.9 Å². The lowest BCUT2D eigenvalue weighted by atomic mass is 10.1. The van der Waals surface area contributed by atoms with Crippen LogP contribution in [0.2, 0.25) is 0 Å². The molecule has 2 aromatic heterocycles. The Kier molecular flexibility index (Phi) is 6.17. The first-order chi connectivity index (χ1) is 14.5. The predicted octanol–water partition coefficient (Wildman–Crippen LogP) is 4.55. The van der Waals surface area contributed by atoms with Gasteiger partial charge in [0.05, 0.1) is 23.6 Å². The van der Waals surface area contributed by atoms with Crippen molar-refractivity contribution in [1.82, 2.24) is 14.8 Å². The van der Waals surface area contributed by atoms with E-state index in [4.69, 9.17) is 4.42 Å². The number of rotatable bonds is 7. The van der Waals surface area contributed by atoms with Crippen LogP contribution < -0.4 is 4.90 Å². The fraction of sp³-hybridized carbons (Fsp3) is 0.381. The third-order valence-corrected chi connectivity index (χ3v) is 6.16. The number of benzene rings is 1. The van der Waals surface area contributed by atoms with Crippen molar-refractivity contribution >= 4 is 23.5 Å². The van der Waals surface area contributed by atoms with Crippen molar-refractivity contribution in [3.05, 3.63) is 59.6 Å². The highest BCUT2D eigenvalue weighted by Crippen LogP contribution is 2.30. The van der Waals surface area contributed by atoms with Crippen LogP contribution in [0.4, 0.5) is 14.7 Å². The van der Waals surface area contributed by atoms with Gasteiger partial charge in [0, 0.05) is 19.2 Å². The number of aromatic nitrogens is 3. The number of anilines is 1. The van der Waals surface area contributed by atoms with Crippen molar-refractivity contribution < 1.29 is 18.0 Å². The molecule has 0 spiro atoms. The maximum Gasteiger partial charge on any atom is 0.228 e. The van der Waals surface area contributed by atoms with Gasteiger partial charge < -0.3 is 9.32 Å². The molecule has 0 aliphatic carbocycles. The maximum atomic E-state index is 14.1. The zero-order chi connectivity index (χ0) is 21.1. The van der Waals surface area contributed by atoms with E-state index in [0.717, 1.165) is 49.8 Å². The average molecular weight is 432 g/mol. The zero-order valence-electron chi connectivity index (χ0n) is 16.6. The Labute approximate surface area is 177 Å². The number of hydrogen-bond donors (Lipinski definition) is 0. The van der Waals surface area contributed by atoms with Crippen LogP contribution >= 0.6 is 11.8 Å². The van der Waals surface area contributed by atoms with Crippen LogP contribution in [0.5, 0.6) is 0 Å². The van der Waals surface area contributed by atoms with Crippen molar-refractivity contribution in [1.29, 1.82) is 0 Å². The highest BCUT2D eigenvalue weighted by Gasteiger charge is 2.26. The molecule has 1 aliphatic rings. The van der Waals surface area contributed by atoms with Gasteiger partial charge in [0.1, 0.15) is 17.4 Å². The fourth-order valence-corrected chi connectivity index (χ4v) is 4.42. The third kappa shape index (κ3) is 4.40. The van der Waals surface area contributed by atoms with E-state index in [1.165, 1.54) is 24.2 Å². The van der Waals surface area contributed by atoms with Crippen molar-refractivity contribution in [3.8, 4) is 0 Å². The molecule has 9 heteroatoms. The van der Waals surface area contributed by atoms with Gasteiger partial charge in [-0.2, -0.15) is 0 Å². The Morgan fingerprint density at radius 2 is 2.00 bits per heavy atom. The second kappa shape index (κ2) is 8.99. The highest BCUT2D eigenvalue weighted by molar-refractivity contribution is 8.00. The number of Topliss-reactive ketones (excluding diaryl/α,β-unsaturated/α-hetero) is 1. The summed E-state index contributed by atoms with van der Waals surface area (Å²) >= 11 is 1.20. The Bertz CT molecular complexity index is 1020. The molecular weight excluding hydrogens is 410 g/mol. The van der Waals surface area contributed by atoms with Crippen LogP contribution in [-0.4, -0.2) is 38.9 Å². The van der Waals surface area contributed by atoms with Gasteiger partial charge in [-0.3, -0.25) is 9.36 Å². The standard InChI is InChI=1S/C21H22F2N4O2S/c1-14(19(28)17-8-7-15(22)12-18(17)23)30-21-25-24-20(26-9-3-2-4-10-26)27(21)13-16-6-5-11-29-16/h5-8,11-12,14H,2-4,9-10,13H2,1H3. The topological polar surface area (TPSA) is 64.2 Å². The lowest BCUT2D eigenvalue weighted by Gasteiger charge is -2.27. The third-order valence-electron chi connectivity index (χ3n) is 5.08. The smallest absolute Gasteiger partial charge is 0.228 e. The van der Waals surface area contributed by atoms with Crippen LogP contribution in [0, 0.1) is 11.6 Å². The van der Waals surface area contributed by atoms with E-state index in [1.807, 2.05) is 16.7 Å². The Morgan fingerprint density at radius 1 is 1.20 bits per heavy atom. The molecule has 0 N–H and O–H groups in total. The second-order valence-electron chi connectivity index (χ2n) is 7.24. The Morgan fingerprint density at radius 3 is 2.70 bits per heavy atom. The van der Waals surface area contributed by atoms with Gasteiger partial charge in [-0.1, -0.05) is 11.8 Å². The van der Waals surface area contributed by atoms with E-state index in [-0.39, 0.29) is 5.56 Å². The monoisotopic (exact) mass is 432 g/mol. The molecule has 3 heterocycles. The Hall–Kier alpha value is -2.68. The lowest BCUT2D eigenvalue weighted by molar-refractivity contribution is 0.0990. The maximum absolute atomic E-state index is 14.1. The summed E-state index contributed by atoms with van der Waals surface area (Å²) < 4.78 is 34.7. The molecule has 3 aromatic rings. The van der Waals surface area contributed by atoms with Crippen LogP contribution in [0.25, 0.3) is 0 Å². The minimum Gasteiger partial charge on any atom is -0.467 e. The van der Waals surface area contributed by atoms with Crippen LogP contribution in [0.3, 0.4) is 0 Å². The number of furan rings is 1. The van der Waals surface area contributed by atoms with Gasteiger partial charge >= 0.3 is 0 Å². The average Bonchev–Trinajstić information content (AvgIpc) is 3.39. The molecular formula is C21H22F2N4O2S. The van der Waals surface area contributed by atoms with Crippen LogP contribution in [-0.2, 0) is 6.54 Å². The molecule has 1 aromatic carbocycles. The van der Waals surface area contributed by atoms with E-state index in [1.54, 1.807) is 13.2 Å². The first-order valence-corrected chi connectivity index (χ1v) is 10.8. The first-order valence-electron chi connectivity index (χ1n) is 9.89. The highest BCUT2D eigenvalue weighted by atomic mass is 32.2. The summed E-state index contributed by atoms with van der Waals surface area (Å²) in [7, 11) is 0. The quantitative estimate of drug-likeness (QED) is 0.403. The largest absolute Gasteiger partial charge is 0.467 e. The van der Waals surface area contributed by atoms with Crippen LogP contribution in [0.1, 0.15) is 42.3 Å². The summed E-state index contributed by atoms with van der Waals surface area (Å²) in [5.74, 6) is -0.517. The van der Waals surface area contributed by atoms with E-state index in [9.17, 15) is 13.6 Å². The first kappa shape index (κ1) is 20.6. The molecule has 0 bridgehead atoms. The second-order valence-corrected chi connectivity index (χ2v) is 8.55. The van der Waals surface area contributed by atoms with Gasteiger partial charge in [-0.15, -0.1) is 10.2 Å². The molecule has 6 nitrogen and oxygen atoms in total. The summed E-state index contributed by atoms with van der Waals surface area (Å²) in [4.78, 5) is 14.9. The molecule has 4 rings (SSSR count). The van der Waals surface area contributed by atoms with Gasteiger partial charge in [-0.05, 0) is 50.5 Å². The lowest BCUT2D eigenvalue weighted by Crippen LogP contribution is -2.32. The minimum atomic E-state index is -0.862. The zero-order valence-corrected chi connectivity index (χ0v) is 17.4. The van der Waals surface area contributed by atoms with Crippen molar-refractivity contribution in [2.45, 2.75) is 43.1 Å². The van der Waals surface area contributed by atoms with E-state index in [2.05, 4.69) is 15.1 Å². The molecule has 158 valence electrons. The molecule has 0 radical (unpaired) electrons. The minimum absolute atomic E-state index is 0.134. The molecule has 1 fully saturated rings. The van der Waals surface area contributed by atoms with Crippen molar-refractivity contribution in [2.75, 3.05) is 18.0 Å². The molecule has 30 heavy (non-hydrogen) atoms. The molecule has 1 unspecified atom stereocenters. The summed E-state index contributed by atoms with van der Waals surface area (Å²) in [5, 5.41) is 8.61. The number of thioether (sulfide) groups is 1. The van der Waals surface area contributed by atoms with Gasteiger partial charge in [0.2, 0.25) is 5.95 Å². The summed E-state index contributed by atoms with van der Waals surface area (Å²) in [6.45, 7) is 3.91. The molecule has 0 saturated carbocycles. The van der Waals surface area contributed by atoms with Crippen molar-refractivity contribution in [3.63, 3.8) is 0 Å². The number of carbonyl (C=O) groups is 1. The number of hydrogen-bond acceptors (Lipinski definition) is 6. The number of ketones is 1. The van der Waals surface area contributed by atoms with Gasteiger partial charge in [-0.25, -0.2) is 8.78 Å². The molecule has 1 aliphatic heterocycles. The van der Waals surface area contributed by atoms with Gasteiger partial charge in [0.25, 0.3) is 0 Å².